The molecule has 4 nitrogen and oxygen atoms in total. The van der Waals surface area contributed by atoms with E-state index in [-0.39, 0.29) is 11.7 Å². The summed E-state index contributed by atoms with van der Waals surface area (Å²) in [6.07, 6.45) is 1.94. The van der Waals surface area contributed by atoms with E-state index in [0.29, 0.717) is 12.5 Å². The first-order chi connectivity index (χ1) is 9.19. The molecular weight excluding hydrogens is 240 g/mol. The fourth-order valence-corrected chi connectivity index (χ4v) is 3.11. The highest BCUT2D eigenvalue weighted by Gasteiger charge is 2.47. The van der Waals surface area contributed by atoms with Crippen LogP contribution in [0.3, 0.4) is 0 Å². The molecule has 1 aromatic rings. The van der Waals surface area contributed by atoms with E-state index in [2.05, 4.69) is 12.2 Å². The number of benzene rings is 1. The maximum atomic E-state index is 12.1. The summed E-state index contributed by atoms with van der Waals surface area (Å²) in [5.41, 5.74) is 0.569. The van der Waals surface area contributed by atoms with Crippen molar-refractivity contribution in [3.05, 3.63) is 30.3 Å². The molecule has 2 heterocycles. The fourth-order valence-electron chi connectivity index (χ4n) is 3.11. The lowest BCUT2D eigenvalue weighted by Crippen LogP contribution is -2.44. The molecule has 1 atom stereocenters. The van der Waals surface area contributed by atoms with E-state index in [4.69, 9.17) is 4.74 Å². The van der Waals surface area contributed by atoms with Crippen LogP contribution in [0.4, 0.5) is 10.5 Å². The van der Waals surface area contributed by atoms with Gasteiger partial charge in [0.1, 0.15) is 5.60 Å². The largest absolute Gasteiger partial charge is 0.441 e. The summed E-state index contributed by atoms with van der Waals surface area (Å²) in [4.78, 5) is 13.9. The summed E-state index contributed by atoms with van der Waals surface area (Å²) in [6, 6.07) is 9.76. The maximum Gasteiger partial charge on any atom is 0.415 e. The van der Waals surface area contributed by atoms with Gasteiger partial charge in [-0.1, -0.05) is 18.2 Å². The predicted octanol–water partition coefficient (Wildman–Crippen LogP) is 2.40. The fraction of sp³-hybridized carbons (Fsp3) is 0.533. The smallest absolute Gasteiger partial charge is 0.415 e. The van der Waals surface area contributed by atoms with Gasteiger partial charge in [0.2, 0.25) is 0 Å². The third-order valence-electron chi connectivity index (χ3n) is 4.28. The zero-order valence-electron chi connectivity index (χ0n) is 11.3. The maximum absolute atomic E-state index is 12.1. The van der Waals surface area contributed by atoms with E-state index < -0.39 is 0 Å². The number of anilines is 1. The van der Waals surface area contributed by atoms with E-state index in [9.17, 15) is 4.79 Å². The van der Waals surface area contributed by atoms with Gasteiger partial charge in [0.15, 0.2) is 0 Å². The number of para-hydroxylation sites is 1. The molecule has 0 spiro atoms. The number of rotatable bonds is 2. The first-order valence-electron chi connectivity index (χ1n) is 6.95. The Hall–Kier alpha value is -1.55. The van der Waals surface area contributed by atoms with Crippen molar-refractivity contribution in [1.82, 2.24) is 5.32 Å². The summed E-state index contributed by atoms with van der Waals surface area (Å²) in [7, 11) is 0. The second-order valence-electron chi connectivity index (χ2n) is 5.63. The van der Waals surface area contributed by atoms with Crippen molar-refractivity contribution in [3.8, 4) is 0 Å². The molecule has 2 aliphatic rings. The van der Waals surface area contributed by atoms with Crippen molar-refractivity contribution in [3.63, 3.8) is 0 Å². The van der Waals surface area contributed by atoms with Gasteiger partial charge in [-0.25, -0.2) is 4.79 Å². The molecule has 102 valence electrons. The van der Waals surface area contributed by atoms with Crippen LogP contribution in [0.5, 0.6) is 0 Å². The quantitative estimate of drug-likeness (QED) is 0.887. The van der Waals surface area contributed by atoms with Crippen LogP contribution in [0.1, 0.15) is 19.8 Å². The Balaban J connectivity index is 1.79. The summed E-state index contributed by atoms with van der Waals surface area (Å²) in [6.45, 7) is 4.76. The number of nitrogens with zero attached hydrogens (tertiary/aromatic N) is 1. The number of hydrogen-bond acceptors (Lipinski definition) is 3. The third kappa shape index (κ3) is 2.32. The summed E-state index contributed by atoms with van der Waals surface area (Å²) >= 11 is 0. The molecule has 0 bridgehead atoms. The standard InChI is InChI=1S/C15H20N2O2/c1-15(12-7-9-16-10-8-12)11-17(14(18)19-15)13-5-3-2-4-6-13/h2-6,12,16H,7-11H2,1H3. The molecular formula is C15H20N2O2. The zero-order valence-corrected chi connectivity index (χ0v) is 11.3. The highest BCUT2D eigenvalue weighted by Crippen LogP contribution is 2.36. The minimum absolute atomic E-state index is 0.216. The molecule has 2 fully saturated rings. The molecule has 2 aliphatic heterocycles. The Kier molecular flexibility index (Phi) is 3.19. The number of cyclic esters (lactones) is 1. The van der Waals surface area contributed by atoms with Gasteiger partial charge in [0.25, 0.3) is 0 Å². The van der Waals surface area contributed by atoms with E-state index in [1.165, 1.54) is 0 Å². The van der Waals surface area contributed by atoms with Gasteiger partial charge in [-0.2, -0.15) is 0 Å². The van der Waals surface area contributed by atoms with Crippen LogP contribution in [-0.2, 0) is 4.74 Å². The molecule has 1 N–H and O–H groups in total. The molecule has 19 heavy (non-hydrogen) atoms. The summed E-state index contributed by atoms with van der Waals surface area (Å²) < 4.78 is 5.71. The first kappa shape index (κ1) is 12.5. The van der Waals surface area contributed by atoms with Crippen LogP contribution in [0.25, 0.3) is 0 Å². The number of ether oxygens (including phenoxy) is 1. The molecule has 0 aliphatic carbocycles. The highest BCUT2D eigenvalue weighted by atomic mass is 16.6. The van der Waals surface area contributed by atoms with Crippen molar-refractivity contribution < 1.29 is 9.53 Å². The Bertz CT molecular complexity index is 456. The van der Waals surface area contributed by atoms with E-state index in [0.717, 1.165) is 31.6 Å². The molecule has 0 radical (unpaired) electrons. The van der Waals surface area contributed by atoms with Gasteiger partial charge in [0.05, 0.1) is 6.54 Å². The molecule has 0 aromatic heterocycles. The van der Waals surface area contributed by atoms with Crippen LogP contribution in [0.2, 0.25) is 0 Å². The second kappa shape index (κ2) is 4.85. The number of piperidine rings is 1. The van der Waals surface area contributed by atoms with Gasteiger partial charge in [-0.3, -0.25) is 4.90 Å². The van der Waals surface area contributed by atoms with Gasteiger partial charge in [-0.15, -0.1) is 0 Å². The van der Waals surface area contributed by atoms with Gasteiger partial charge in [0, 0.05) is 11.6 Å². The molecule has 0 saturated carbocycles. The molecule has 1 aromatic carbocycles. The zero-order chi connectivity index (χ0) is 13.3. The third-order valence-corrected chi connectivity index (χ3v) is 4.28. The van der Waals surface area contributed by atoms with Crippen LogP contribution < -0.4 is 10.2 Å². The number of carbonyl (C=O) groups is 1. The Morgan fingerprint density at radius 3 is 2.63 bits per heavy atom. The average Bonchev–Trinajstić information content (AvgIpc) is 2.77. The number of nitrogens with one attached hydrogen (secondary N) is 1. The molecule has 3 rings (SSSR count). The molecule has 2 saturated heterocycles. The SMILES string of the molecule is CC1(C2CCNCC2)CN(c2ccccc2)C(=O)O1. The predicted molar refractivity (Wildman–Crippen MR) is 74.3 cm³/mol. The number of carbonyl (C=O) groups excluding carboxylic acids is 1. The van der Waals surface area contributed by atoms with E-state index in [1.807, 2.05) is 30.3 Å². The van der Waals surface area contributed by atoms with E-state index in [1.54, 1.807) is 4.90 Å². The summed E-state index contributed by atoms with van der Waals surface area (Å²) in [5.74, 6) is 0.450. The lowest BCUT2D eigenvalue weighted by Gasteiger charge is -2.34. The van der Waals surface area contributed by atoms with Crippen LogP contribution in [0.15, 0.2) is 30.3 Å². The molecule has 1 unspecified atom stereocenters. The van der Waals surface area contributed by atoms with Gasteiger partial charge < -0.3 is 10.1 Å². The van der Waals surface area contributed by atoms with Crippen LogP contribution in [0, 0.1) is 5.92 Å². The summed E-state index contributed by atoms with van der Waals surface area (Å²) in [5, 5.41) is 3.36. The monoisotopic (exact) mass is 260 g/mol. The van der Waals surface area contributed by atoms with Crippen molar-refractivity contribution in [2.24, 2.45) is 5.92 Å². The minimum atomic E-state index is -0.352. The van der Waals surface area contributed by atoms with Gasteiger partial charge in [-0.05, 0) is 45.0 Å². The van der Waals surface area contributed by atoms with Crippen molar-refractivity contribution >= 4 is 11.8 Å². The molecule has 1 amide bonds. The lowest BCUT2D eigenvalue weighted by atomic mass is 9.82. The molecule has 4 heteroatoms. The topological polar surface area (TPSA) is 41.6 Å². The second-order valence-corrected chi connectivity index (χ2v) is 5.63. The van der Waals surface area contributed by atoms with Crippen LogP contribution in [-0.4, -0.2) is 31.3 Å². The first-order valence-corrected chi connectivity index (χ1v) is 6.95. The highest BCUT2D eigenvalue weighted by molar-refractivity contribution is 5.90. The number of amides is 1. The van der Waals surface area contributed by atoms with E-state index >= 15 is 0 Å². The van der Waals surface area contributed by atoms with Crippen LogP contribution >= 0.6 is 0 Å². The Morgan fingerprint density at radius 2 is 1.95 bits per heavy atom. The minimum Gasteiger partial charge on any atom is -0.441 e. The van der Waals surface area contributed by atoms with Gasteiger partial charge >= 0.3 is 6.09 Å². The Morgan fingerprint density at radius 1 is 1.26 bits per heavy atom. The van der Waals surface area contributed by atoms with Crippen molar-refractivity contribution in [1.29, 1.82) is 0 Å². The Labute approximate surface area is 113 Å². The number of hydrogen-bond donors (Lipinski definition) is 1. The lowest BCUT2D eigenvalue weighted by molar-refractivity contribution is 0.00962. The normalized spacial score (nSPS) is 28.5. The van der Waals surface area contributed by atoms with Crippen molar-refractivity contribution in [2.75, 3.05) is 24.5 Å². The van der Waals surface area contributed by atoms with Crippen molar-refractivity contribution in [2.45, 2.75) is 25.4 Å². The average molecular weight is 260 g/mol.